The molecule has 4 heteroatoms. The lowest BCUT2D eigenvalue weighted by molar-refractivity contribution is 0.564. The molecule has 0 aliphatic carbocycles. The van der Waals surface area contributed by atoms with Gasteiger partial charge in [0.2, 0.25) is 0 Å². The van der Waals surface area contributed by atoms with Crippen molar-refractivity contribution in [2.45, 2.75) is 13.5 Å². The molecule has 0 unspecified atom stereocenters. The molecule has 0 aliphatic rings. The Morgan fingerprint density at radius 2 is 2.43 bits per heavy atom. The lowest BCUT2D eigenvalue weighted by Gasteiger charge is -2.03. The molecule has 0 aromatic carbocycles. The third-order valence-electron chi connectivity index (χ3n) is 2.06. The van der Waals surface area contributed by atoms with Crippen LogP contribution in [-0.4, -0.2) is 9.78 Å². The van der Waals surface area contributed by atoms with E-state index in [1.165, 1.54) is 0 Å². The first-order valence-corrected chi connectivity index (χ1v) is 4.51. The average Bonchev–Trinajstić information content (AvgIpc) is 2.72. The van der Waals surface area contributed by atoms with Gasteiger partial charge < -0.3 is 9.73 Å². The first-order valence-electron chi connectivity index (χ1n) is 4.51. The first-order chi connectivity index (χ1) is 6.75. The van der Waals surface area contributed by atoms with Crippen LogP contribution in [0.4, 0.5) is 5.82 Å². The van der Waals surface area contributed by atoms with Crippen LogP contribution >= 0.6 is 0 Å². The molecule has 14 heavy (non-hydrogen) atoms. The second kappa shape index (κ2) is 3.57. The largest absolute Gasteiger partial charge is 0.472 e. The predicted molar refractivity (Wildman–Crippen MR) is 54.0 cm³/mol. The Bertz CT molecular complexity index is 403. The van der Waals surface area contributed by atoms with Crippen molar-refractivity contribution in [3.63, 3.8) is 0 Å². The maximum absolute atomic E-state index is 4.98. The van der Waals surface area contributed by atoms with E-state index in [1.54, 1.807) is 12.5 Å². The fraction of sp³-hybridized carbons (Fsp3) is 0.300. The standard InChI is InChI=1S/C10H13N3O/c1-8-5-10(13(2)12-8)11-6-9-3-4-14-7-9/h3-5,7,11H,6H2,1-2H3. The molecule has 4 nitrogen and oxygen atoms in total. The lowest BCUT2D eigenvalue weighted by Crippen LogP contribution is -2.03. The Labute approximate surface area is 82.5 Å². The zero-order valence-corrected chi connectivity index (χ0v) is 8.32. The number of aryl methyl sites for hydroxylation is 2. The van der Waals surface area contributed by atoms with Crippen molar-refractivity contribution >= 4 is 5.82 Å². The van der Waals surface area contributed by atoms with Crippen LogP contribution in [0.3, 0.4) is 0 Å². The normalized spacial score (nSPS) is 10.4. The summed E-state index contributed by atoms with van der Waals surface area (Å²) in [5.74, 6) is 1.02. The van der Waals surface area contributed by atoms with Gasteiger partial charge in [-0.05, 0) is 13.0 Å². The van der Waals surface area contributed by atoms with Crippen LogP contribution in [0.25, 0.3) is 0 Å². The van der Waals surface area contributed by atoms with E-state index in [0.29, 0.717) is 0 Å². The maximum atomic E-state index is 4.98. The van der Waals surface area contributed by atoms with E-state index < -0.39 is 0 Å². The summed E-state index contributed by atoms with van der Waals surface area (Å²) >= 11 is 0. The highest BCUT2D eigenvalue weighted by molar-refractivity contribution is 5.37. The quantitative estimate of drug-likeness (QED) is 0.806. The second-order valence-electron chi connectivity index (χ2n) is 3.28. The lowest BCUT2D eigenvalue weighted by atomic mass is 10.3. The molecule has 1 N–H and O–H groups in total. The maximum Gasteiger partial charge on any atom is 0.124 e. The summed E-state index contributed by atoms with van der Waals surface area (Å²) in [4.78, 5) is 0. The minimum atomic E-state index is 0.759. The van der Waals surface area contributed by atoms with E-state index >= 15 is 0 Å². The molecule has 0 atom stereocenters. The van der Waals surface area contributed by atoms with Crippen LogP contribution in [0, 0.1) is 6.92 Å². The van der Waals surface area contributed by atoms with Gasteiger partial charge in [0.1, 0.15) is 5.82 Å². The molecule has 0 saturated carbocycles. The van der Waals surface area contributed by atoms with Crippen molar-refractivity contribution in [1.29, 1.82) is 0 Å². The highest BCUT2D eigenvalue weighted by Gasteiger charge is 2.01. The van der Waals surface area contributed by atoms with Crippen LogP contribution < -0.4 is 5.32 Å². The Hall–Kier alpha value is -1.71. The second-order valence-corrected chi connectivity index (χ2v) is 3.28. The number of furan rings is 1. The molecule has 0 radical (unpaired) electrons. The minimum Gasteiger partial charge on any atom is -0.472 e. The highest BCUT2D eigenvalue weighted by Crippen LogP contribution is 2.10. The van der Waals surface area contributed by atoms with Gasteiger partial charge in [0.15, 0.2) is 0 Å². The number of rotatable bonds is 3. The number of nitrogens with zero attached hydrogens (tertiary/aromatic N) is 2. The molecule has 0 saturated heterocycles. The van der Waals surface area contributed by atoms with Crippen molar-refractivity contribution in [3.8, 4) is 0 Å². The van der Waals surface area contributed by atoms with Gasteiger partial charge in [-0.15, -0.1) is 0 Å². The smallest absolute Gasteiger partial charge is 0.124 e. The van der Waals surface area contributed by atoms with Crippen molar-refractivity contribution in [2.75, 3.05) is 5.32 Å². The zero-order valence-electron chi connectivity index (χ0n) is 8.32. The van der Waals surface area contributed by atoms with Gasteiger partial charge in [-0.3, -0.25) is 4.68 Å². The van der Waals surface area contributed by atoms with Gasteiger partial charge >= 0.3 is 0 Å². The third kappa shape index (κ3) is 1.79. The molecule has 0 spiro atoms. The Balaban J connectivity index is 2.01. The molecule has 2 aromatic heterocycles. The number of hydrogen-bond donors (Lipinski definition) is 1. The van der Waals surface area contributed by atoms with E-state index in [2.05, 4.69) is 10.4 Å². The van der Waals surface area contributed by atoms with Crippen molar-refractivity contribution in [2.24, 2.45) is 7.05 Å². The van der Waals surface area contributed by atoms with Gasteiger partial charge in [-0.2, -0.15) is 5.10 Å². The van der Waals surface area contributed by atoms with E-state index in [9.17, 15) is 0 Å². The van der Waals surface area contributed by atoms with E-state index in [4.69, 9.17) is 4.42 Å². The molecule has 2 aromatic rings. The van der Waals surface area contributed by atoms with Gasteiger partial charge in [0, 0.05) is 25.2 Å². The molecular formula is C10H13N3O. The zero-order chi connectivity index (χ0) is 9.97. The number of nitrogens with one attached hydrogen (secondary N) is 1. The topological polar surface area (TPSA) is 43.0 Å². The summed E-state index contributed by atoms with van der Waals surface area (Å²) in [6, 6.07) is 3.95. The van der Waals surface area contributed by atoms with E-state index in [1.807, 2.05) is 30.8 Å². The van der Waals surface area contributed by atoms with Crippen LogP contribution in [0.15, 0.2) is 29.1 Å². The summed E-state index contributed by atoms with van der Waals surface area (Å²) in [5, 5.41) is 7.52. The van der Waals surface area contributed by atoms with Crippen LogP contribution in [0.1, 0.15) is 11.3 Å². The van der Waals surface area contributed by atoms with E-state index in [-0.39, 0.29) is 0 Å². The van der Waals surface area contributed by atoms with Crippen LogP contribution in [0.5, 0.6) is 0 Å². The number of aromatic nitrogens is 2. The van der Waals surface area contributed by atoms with E-state index in [0.717, 1.165) is 23.6 Å². The van der Waals surface area contributed by atoms with Crippen LogP contribution in [0.2, 0.25) is 0 Å². The van der Waals surface area contributed by atoms with Gasteiger partial charge in [-0.1, -0.05) is 0 Å². The Morgan fingerprint density at radius 1 is 1.57 bits per heavy atom. The molecule has 2 rings (SSSR count). The third-order valence-corrected chi connectivity index (χ3v) is 2.06. The predicted octanol–water partition coefficient (Wildman–Crippen LogP) is 1.93. The Kier molecular flexibility index (Phi) is 2.26. The monoisotopic (exact) mass is 191 g/mol. The average molecular weight is 191 g/mol. The summed E-state index contributed by atoms with van der Waals surface area (Å²) in [7, 11) is 1.92. The first kappa shape index (κ1) is 8.87. The SMILES string of the molecule is Cc1cc(NCc2ccoc2)n(C)n1. The number of hydrogen-bond acceptors (Lipinski definition) is 3. The summed E-state index contributed by atoms with van der Waals surface area (Å²) in [6.45, 7) is 2.73. The summed E-state index contributed by atoms with van der Waals surface area (Å²) < 4.78 is 6.80. The number of anilines is 1. The van der Waals surface area contributed by atoms with Gasteiger partial charge in [-0.25, -0.2) is 0 Å². The highest BCUT2D eigenvalue weighted by atomic mass is 16.3. The Morgan fingerprint density at radius 3 is 3.00 bits per heavy atom. The molecule has 2 heterocycles. The van der Waals surface area contributed by atoms with Crippen molar-refractivity contribution < 1.29 is 4.42 Å². The molecule has 0 fully saturated rings. The molecular weight excluding hydrogens is 178 g/mol. The fourth-order valence-electron chi connectivity index (χ4n) is 1.36. The van der Waals surface area contributed by atoms with Crippen molar-refractivity contribution in [1.82, 2.24) is 9.78 Å². The van der Waals surface area contributed by atoms with Crippen LogP contribution in [-0.2, 0) is 13.6 Å². The molecule has 0 aliphatic heterocycles. The fourth-order valence-corrected chi connectivity index (χ4v) is 1.36. The van der Waals surface area contributed by atoms with Crippen molar-refractivity contribution in [3.05, 3.63) is 35.9 Å². The molecule has 0 bridgehead atoms. The molecule has 74 valence electrons. The summed E-state index contributed by atoms with van der Waals surface area (Å²) in [5.41, 5.74) is 2.14. The van der Waals surface area contributed by atoms with Gasteiger partial charge in [0.25, 0.3) is 0 Å². The van der Waals surface area contributed by atoms with Gasteiger partial charge in [0.05, 0.1) is 18.2 Å². The minimum absolute atomic E-state index is 0.759. The molecule has 0 amide bonds. The summed E-state index contributed by atoms with van der Waals surface area (Å²) in [6.07, 6.45) is 3.40.